The van der Waals surface area contributed by atoms with E-state index in [1.54, 1.807) is 6.92 Å². The molecule has 4 nitrogen and oxygen atoms in total. The number of nitrogens with zero attached hydrogens (tertiary/aromatic N) is 1. The van der Waals surface area contributed by atoms with E-state index < -0.39 is 0 Å². The van der Waals surface area contributed by atoms with Crippen LogP contribution >= 0.6 is 0 Å². The summed E-state index contributed by atoms with van der Waals surface area (Å²) in [4.78, 5) is 17.9. The molecule has 2 aromatic rings. The summed E-state index contributed by atoms with van der Waals surface area (Å²) in [5, 5.41) is 0. The summed E-state index contributed by atoms with van der Waals surface area (Å²) in [6.45, 7) is 10.6. The van der Waals surface area contributed by atoms with Gasteiger partial charge in [0.05, 0.1) is 13.2 Å². The Morgan fingerprint density at radius 1 is 0.881 bits per heavy atom. The number of halogens is 1. The minimum atomic E-state index is 0. The molecule has 0 bridgehead atoms. The van der Waals surface area contributed by atoms with Gasteiger partial charge >= 0.3 is 0 Å². The molecule has 42 heavy (non-hydrogen) atoms. The molecule has 5 heteroatoms. The molecule has 1 N–H and O–H groups in total. The quantitative estimate of drug-likeness (QED) is 0.221. The van der Waals surface area contributed by atoms with Crippen molar-refractivity contribution < 1.29 is 31.5 Å². The molecule has 0 aromatic heterocycles. The number of nitrogens with one attached hydrogen (secondary N) is 1. The topological polar surface area (TPSA) is 43.5 Å². The second-order valence-electron chi connectivity index (χ2n) is 12.4. The van der Waals surface area contributed by atoms with E-state index in [9.17, 15) is 4.79 Å². The highest BCUT2D eigenvalue weighted by molar-refractivity contribution is 5.91. The van der Waals surface area contributed by atoms with Gasteiger partial charge in [0, 0.05) is 23.6 Å². The van der Waals surface area contributed by atoms with Crippen molar-refractivity contribution in [2.45, 2.75) is 118 Å². The number of benzene rings is 2. The molecule has 0 radical (unpaired) electrons. The van der Waals surface area contributed by atoms with Crippen LogP contribution in [0.3, 0.4) is 0 Å². The van der Waals surface area contributed by atoms with E-state index in [-0.39, 0.29) is 28.3 Å². The summed E-state index contributed by atoms with van der Waals surface area (Å²) in [5.41, 5.74) is 4.61. The van der Waals surface area contributed by atoms with Crippen LogP contribution in [0.15, 0.2) is 60.2 Å². The first-order valence-corrected chi connectivity index (χ1v) is 16.2. The monoisotopic (exact) mass is 638 g/mol. The van der Waals surface area contributed by atoms with Crippen molar-refractivity contribution in [3.05, 3.63) is 71.3 Å². The molecule has 0 saturated heterocycles. The number of rotatable bonds is 19. The van der Waals surface area contributed by atoms with E-state index >= 15 is 0 Å². The van der Waals surface area contributed by atoms with Crippen LogP contribution in [0.1, 0.15) is 116 Å². The summed E-state index contributed by atoms with van der Waals surface area (Å²) in [5.74, 6) is 0.952. The highest BCUT2D eigenvalue weighted by Crippen LogP contribution is 2.28. The maximum Gasteiger partial charge on any atom is 0.224 e. The maximum atomic E-state index is 12.7. The Hall–Kier alpha value is -2.40. The lowest BCUT2D eigenvalue weighted by atomic mass is 9.81. The van der Waals surface area contributed by atoms with Crippen LogP contribution in [0.25, 0.3) is 0 Å². The predicted octanol–water partition coefficient (Wildman–Crippen LogP) is 4.98. The minimum Gasteiger partial charge on any atom is -1.00 e. The molecular weight excluding hydrogens is 584 g/mol. The lowest BCUT2D eigenvalue weighted by molar-refractivity contribution is -0.469. The fourth-order valence-electron chi connectivity index (χ4n) is 5.89. The van der Waals surface area contributed by atoms with E-state index in [0.29, 0.717) is 6.54 Å². The lowest BCUT2D eigenvalue weighted by Crippen LogP contribution is -3.00. The summed E-state index contributed by atoms with van der Waals surface area (Å²) < 4.78 is 6.00. The molecule has 1 heterocycles. The summed E-state index contributed by atoms with van der Waals surface area (Å²) in [6, 6.07) is 16.7. The Morgan fingerprint density at radius 3 is 2.10 bits per heavy atom. The number of hydrogen-bond acceptors (Lipinski definition) is 2. The highest BCUT2D eigenvalue weighted by Gasteiger charge is 2.28. The third-order valence-corrected chi connectivity index (χ3v) is 8.15. The summed E-state index contributed by atoms with van der Waals surface area (Å²) in [6.07, 6.45) is 21.5. The average molecular weight is 640 g/mol. The van der Waals surface area contributed by atoms with E-state index in [1.165, 1.54) is 81.8 Å². The first-order chi connectivity index (χ1) is 19.9. The van der Waals surface area contributed by atoms with Crippen molar-refractivity contribution in [3.63, 3.8) is 0 Å². The number of amides is 1. The molecule has 232 valence electrons. The molecule has 0 saturated carbocycles. The largest absolute Gasteiger partial charge is 1.00 e. The van der Waals surface area contributed by atoms with E-state index in [2.05, 4.69) is 68.4 Å². The van der Waals surface area contributed by atoms with Gasteiger partial charge in [-0.2, -0.15) is 0 Å². The van der Waals surface area contributed by atoms with Crippen LogP contribution in [0.5, 0.6) is 5.75 Å². The molecular formula is C37H55BrN2O2. The second kappa shape index (κ2) is 19.7. The van der Waals surface area contributed by atoms with Crippen molar-refractivity contribution in [3.8, 4) is 5.75 Å². The van der Waals surface area contributed by atoms with Crippen molar-refractivity contribution in [2.24, 2.45) is 5.41 Å². The molecule has 1 aliphatic heterocycles. The SMILES string of the molecule is CCCCCCCCCCCCCCOc1ccc(CN(C(C)=O)c2cccc(CC3(C)C=C(C)C=[NH+]C3)c2)cc1.[Br-]. The average Bonchev–Trinajstić information content (AvgIpc) is 2.94. The molecule has 1 aliphatic rings. The van der Waals surface area contributed by atoms with Crippen LogP contribution in [0.2, 0.25) is 0 Å². The van der Waals surface area contributed by atoms with Gasteiger partial charge in [0.2, 0.25) is 5.91 Å². The first-order valence-electron chi connectivity index (χ1n) is 16.2. The molecule has 1 amide bonds. The molecule has 0 aliphatic carbocycles. The molecule has 0 spiro atoms. The number of ether oxygens (including phenoxy) is 1. The minimum absolute atomic E-state index is 0. The number of carbonyl (C=O) groups is 1. The normalized spacial score (nSPS) is 16.0. The van der Waals surface area contributed by atoms with Crippen molar-refractivity contribution in [1.29, 1.82) is 0 Å². The molecule has 1 atom stereocenters. The van der Waals surface area contributed by atoms with E-state index in [4.69, 9.17) is 4.74 Å². The van der Waals surface area contributed by atoms with Gasteiger partial charge in [0.25, 0.3) is 0 Å². The summed E-state index contributed by atoms with van der Waals surface area (Å²) in [7, 11) is 0. The van der Waals surface area contributed by atoms with Crippen LogP contribution in [0.4, 0.5) is 5.69 Å². The molecule has 1 unspecified atom stereocenters. The smallest absolute Gasteiger partial charge is 0.224 e. The number of carbonyl (C=O) groups excluding carboxylic acids is 1. The van der Waals surface area contributed by atoms with Crippen LogP contribution in [0, 0.1) is 5.41 Å². The third-order valence-electron chi connectivity index (χ3n) is 8.15. The zero-order valence-electron chi connectivity index (χ0n) is 26.7. The Kier molecular flexibility index (Phi) is 16.8. The molecule has 0 fully saturated rings. The zero-order chi connectivity index (χ0) is 29.3. The molecule has 2 aromatic carbocycles. The summed E-state index contributed by atoms with van der Waals surface area (Å²) >= 11 is 0. The van der Waals surface area contributed by atoms with Crippen molar-refractivity contribution >= 4 is 17.8 Å². The van der Waals surface area contributed by atoms with Gasteiger partial charge < -0.3 is 26.6 Å². The van der Waals surface area contributed by atoms with Gasteiger partial charge in [-0.15, -0.1) is 0 Å². The standard InChI is InChI=1S/C37H54N2O2.BrH/c1-5-6-7-8-9-10-11-12-13-14-15-16-24-41-36-22-20-33(21-23-36)29-39(32(3)40)35-19-17-18-34(25-35)27-37(4)26-31(2)28-38-30-37;/h17-23,25-26,28H,5-16,24,27,29-30H2,1-4H3;1H. The van der Waals surface area contributed by atoms with Crippen LogP contribution in [-0.4, -0.2) is 25.3 Å². The van der Waals surface area contributed by atoms with Gasteiger partial charge in [0.15, 0.2) is 6.21 Å². The highest BCUT2D eigenvalue weighted by atomic mass is 79.9. The van der Waals surface area contributed by atoms with Gasteiger partial charge in [-0.3, -0.25) is 4.79 Å². The third kappa shape index (κ3) is 13.3. The Bertz CT molecular complexity index is 1110. The Morgan fingerprint density at radius 2 is 1.50 bits per heavy atom. The van der Waals surface area contributed by atoms with Crippen molar-refractivity contribution in [2.75, 3.05) is 18.1 Å². The zero-order valence-corrected chi connectivity index (χ0v) is 28.3. The van der Waals surface area contributed by atoms with Crippen LogP contribution in [-0.2, 0) is 17.8 Å². The fourth-order valence-corrected chi connectivity index (χ4v) is 5.89. The second-order valence-corrected chi connectivity index (χ2v) is 12.4. The Labute approximate surface area is 266 Å². The number of anilines is 1. The Balaban J connectivity index is 0.00000616. The van der Waals surface area contributed by atoms with Gasteiger partial charge in [0.1, 0.15) is 12.3 Å². The van der Waals surface area contributed by atoms with E-state index in [0.717, 1.165) is 43.0 Å². The first kappa shape index (κ1) is 35.8. The maximum absolute atomic E-state index is 12.7. The van der Waals surface area contributed by atoms with Gasteiger partial charge in [-0.1, -0.05) is 108 Å². The lowest BCUT2D eigenvalue weighted by Gasteiger charge is -2.26. The van der Waals surface area contributed by atoms with Gasteiger partial charge in [-0.05, 0) is 62.1 Å². The number of unbranched alkanes of at least 4 members (excludes halogenated alkanes) is 11. The molecule has 3 rings (SSSR count). The fraction of sp³-hybridized carbons (Fsp3) is 0.568. The van der Waals surface area contributed by atoms with Gasteiger partial charge in [-0.25, -0.2) is 4.99 Å². The number of allylic oxidation sites excluding steroid dienone is 1. The van der Waals surface area contributed by atoms with E-state index in [1.807, 2.05) is 23.1 Å². The van der Waals surface area contributed by atoms with Crippen LogP contribution < -0.4 is 31.6 Å². The number of hydrogen-bond donors (Lipinski definition) is 1. The van der Waals surface area contributed by atoms with Crippen molar-refractivity contribution in [1.82, 2.24) is 0 Å². The predicted molar refractivity (Wildman–Crippen MR) is 174 cm³/mol.